The minimum atomic E-state index is -1.20. The lowest BCUT2D eigenvalue weighted by Gasteiger charge is -2.45. The molecule has 0 spiro atoms. The first kappa shape index (κ1) is 19.1. The van der Waals surface area contributed by atoms with Crippen molar-refractivity contribution in [3.05, 3.63) is 24.2 Å². The monoisotopic (exact) mass is 410 g/mol. The molecule has 5 heterocycles. The Kier molecular flexibility index (Phi) is 4.33. The van der Waals surface area contributed by atoms with E-state index in [0.717, 1.165) is 22.3 Å². The number of ether oxygens (including phenoxy) is 2. The smallest absolute Gasteiger partial charge is 0.186 e. The SMILES string of the molecule is CNc1cnc2[nH]ccc2c1-c1nc2c(c(C(C)(C)O)n1)OC[C@@H]1COC[C@@H](C)N21. The molecule has 2 aliphatic rings. The van der Waals surface area contributed by atoms with E-state index in [-0.39, 0.29) is 12.1 Å². The number of aromatic amines is 1. The number of pyridine rings is 1. The molecule has 0 aromatic carbocycles. The van der Waals surface area contributed by atoms with Gasteiger partial charge in [-0.25, -0.2) is 15.0 Å². The van der Waals surface area contributed by atoms with Gasteiger partial charge < -0.3 is 29.8 Å². The van der Waals surface area contributed by atoms with Gasteiger partial charge in [0.15, 0.2) is 17.4 Å². The molecule has 0 bridgehead atoms. The summed E-state index contributed by atoms with van der Waals surface area (Å²) in [4.78, 5) is 19.6. The van der Waals surface area contributed by atoms with Crippen LogP contribution in [0.5, 0.6) is 5.75 Å². The normalized spacial score (nSPS) is 21.2. The molecule has 9 heteroatoms. The summed E-state index contributed by atoms with van der Waals surface area (Å²) in [6.45, 7) is 7.22. The lowest BCUT2D eigenvalue weighted by molar-refractivity contribution is 0.0425. The van der Waals surface area contributed by atoms with E-state index in [4.69, 9.17) is 19.4 Å². The number of morpholine rings is 1. The molecular formula is C21H26N6O3. The fraction of sp³-hybridized carbons (Fsp3) is 0.476. The zero-order valence-corrected chi connectivity index (χ0v) is 17.6. The molecule has 3 N–H and O–H groups in total. The Morgan fingerprint density at radius 2 is 2.10 bits per heavy atom. The van der Waals surface area contributed by atoms with Gasteiger partial charge >= 0.3 is 0 Å². The zero-order chi connectivity index (χ0) is 21.0. The Balaban J connectivity index is 1.80. The molecule has 158 valence electrons. The van der Waals surface area contributed by atoms with Crippen molar-refractivity contribution < 1.29 is 14.6 Å². The maximum Gasteiger partial charge on any atom is 0.186 e. The minimum absolute atomic E-state index is 0.0761. The number of aliphatic hydroxyl groups is 1. The van der Waals surface area contributed by atoms with Crippen LogP contribution in [0.3, 0.4) is 0 Å². The molecule has 0 amide bonds. The van der Waals surface area contributed by atoms with Gasteiger partial charge in [0.05, 0.1) is 42.7 Å². The van der Waals surface area contributed by atoms with E-state index in [1.807, 2.05) is 19.3 Å². The van der Waals surface area contributed by atoms with Crippen molar-refractivity contribution in [3.8, 4) is 17.1 Å². The van der Waals surface area contributed by atoms with Crippen LogP contribution in [0.2, 0.25) is 0 Å². The van der Waals surface area contributed by atoms with Crippen LogP contribution in [0, 0.1) is 0 Å². The quantitative estimate of drug-likeness (QED) is 0.604. The Bertz CT molecular complexity index is 1110. The highest BCUT2D eigenvalue weighted by Crippen LogP contribution is 2.43. The first-order valence-electron chi connectivity index (χ1n) is 10.2. The van der Waals surface area contributed by atoms with E-state index in [2.05, 4.69) is 27.1 Å². The summed E-state index contributed by atoms with van der Waals surface area (Å²) >= 11 is 0. The molecule has 3 aromatic rings. The summed E-state index contributed by atoms with van der Waals surface area (Å²) in [6.07, 6.45) is 3.61. The van der Waals surface area contributed by atoms with Crippen LogP contribution in [0.25, 0.3) is 22.4 Å². The predicted octanol–water partition coefficient (Wildman–Crippen LogP) is 2.28. The van der Waals surface area contributed by atoms with E-state index in [0.29, 0.717) is 42.9 Å². The van der Waals surface area contributed by atoms with Gasteiger partial charge in [-0.15, -0.1) is 0 Å². The topological polar surface area (TPSA) is 108 Å². The minimum Gasteiger partial charge on any atom is -0.485 e. The number of hydrogen-bond acceptors (Lipinski definition) is 8. The van der Waals surface area contributed by atoms with Crippen molar-refractivity contribution in [1.29, 1.82) is 0 Å². The van der Waals surface area contributed by atoms with Gasteiger partial charge in [-0.2, -0.15) is 0 Å². The van der Waals surface area contributed by atoms with Crippen LogP contribution in [0.1, 0.15) is 26.5 Å². The van der Waals surface area contributed by atoms with Crippen molar-refractivity contribution in [2.45, 2.75) is 38.5 Å². The highest BCUT2D eigenvalue weighted by atomic mass is 16.5. The molecule has 2 atom stereocenters. The largest absolute Gasteiger partial charge is 0.485 e. The van der Waals surface area contributed by atoms with Crippen molar-refractivity contribution in [1.82, 2.24) is 19.9 Å². The summed E-state index contributed by atoms with van der Waals surface area (Å²) in [6, 6.07) is 2.17. The predicted molar refractivity (Wildman–Crippen MR) is 114 cm³/mol. The zero-order valence-electron chi connectivity index (χ0n) is 17.6. The number of anilines is 2. The van der Waals surface area contributed by atoms with E-state index in [9.17, 15) is 5.11 Å². The maximum absolute atomic E-state index is 10.9. The van der Waals surface area contributed by atoms with Gasteiger partial charge in [0, 0.05) is 18.6 Å². The Labute approximate surface area is 174 Å². The summed E-state index contributed by atoms with van der Waals surface area (Å²) < 4.78 is 11.8. The van der Waals surface area contributed by atoms with E-state index < -0.39 is 5.60 Å². The van der Waals surface area contributed by atoms with Crippen LogP contribution < -0.4 is 15.0 Å². The molecular weight excluding hydrogens is 384 g/mol. The molecule has 3 aromatic heterocycles. The third-order valence-corrected chi connectivity index (χ3v) is 5.71. The van der Waals surface area contributed by atoms with Gasteiger partial charge in [0.1, 0.15) is 23.5 Å². The van der Waals surface area contributed by atoms with Crippen molar-refractivity contribution in [2.75, 3.05) is 37.1 Å². The lowest BCUT2D eigenvalue weighted by atomic mass is 10.0. The van der Waals surface area contributed by atoms with Crippen LogP contribution >= 0.6 is 0 Å². The summed E-state index contributed by atoms with van der Waals surface area (Å²) in [5, 5.41) is 15.0. The maximum atomic E-state index is 10.9. The Morgan fingerprint density at radius 3 is 2.87 bits per heavy atom. The fourth-order valence-electron chi connectivity index (χ4n) is 4.30. The van der Waals surface area contributed by atoms with Crippen LogP contribution in [0.15, 0.2) is 18.5 Å². The van der Waals surface area contributed by atoms with Crippen LogP contribution in [-0.2, 0) is 10.3 Å². The standard InChI is InChI=1S/C21H26N6O3/c1-11-8-29-9-12-10-30-16-17(21(2,3)28)25-19(26-20(16)27(11)12)15-13-5-6-23-18(13)24-7-14(15)22-4/h5-7,11-12,22,28H,8-10H2,1-4H3,(H,23,24)/t11-,12+/m1/s1. The molecule has 0 saturated carbocycles. The van der Waals surface area contributed by atoms with E-state index in [1.165, 1.54) is 0 Å². The Hall–Kier alpha value is -2.91. The van der Waals surface area contributed by atoms with Gasteiger partial charge in [0.25, 0.3) is 0 Å². The number of aromatic nitrogens is 4. The summed E-state index contributed by atoms with van der Waals surface area (Å²) in [5.41, 5.74) is 1.67. The highest BCUT2D eigenvalue weighted by molar-refractivity contribution is 5.98. The third kappa shape index (κ3) is 2.88. The van der Waals surface area contributed by atoms with Crippen molar-refractivity contribution in [2.24, 2.45) is 0 Å². The van der Waals surface area contributed by atoms with Gasteiger partial charge in [-0.05, 0) is 26.8 Å². The second kappa shape index (κ2) is 6.82. The van der Waals surface area contributed by atoms with Crippen molar-refractivity contribution >= 4 is 22.5 Å². The molecule has 0 aliphatic carbocycles. The number of rotatable bonds is 3. The molecule has 1 saturated heterocycles. The van der Waals surface area contributed by atoms with Crippen molar-refractivity contribution in [3.63, 3.8) is 0 Å². The Morgan fingerprint density at radius 1 is 1.27 bits per heavy atom. The van der Waals surface area contributed by atoms with Crippen LogP contribution in [-0.4, -0.2) is 64.0 Å². The molecule has 9 nitrogen and oxygen atoms in total. The third-order valence-electron chi connectivity index (χ3n) is 5.71. The molecule has 1 fully saturated rings. The van der Waals surface area contributed by atoms with E-state index in [1.54, 1.807) is 20.0 Å². The van der Waals surface area contributed by atoms with Gasteiger partial charge in [0.2, 0.25) is 0 Å². The number of H-pyrrole nitrogens is 1. The average molecular weight is 410 g/mol. The number of nitrogens with zero attached hydrogens (tertiary/aromatic N) is 4. The van der Waals surface area contributed by atoms with Gasteiger partial charge in [-0.1, -0.05) is 0 Å². The van der Waals surface area contributed by atoms with Gasteiger partial charge in [-0.3, -0.25) is 0 Å². The molecule has 2 aliphatic heterocycles. The van der Waals surface area contributed by atoms with E-state index >= 15 is 0 Å². The molecule has 0 radical (unpaired) electrons. The summed E-state index contributed by atoms with van der Waals surface area (Å²) in [7, 11) is 1.84. The first-order chi connectivity index (χ1) is 14.4. The first-order valence-corrected chi connectivity index (χ1v) is 10.2. The second-order valence-corrected chi connectivity index (χ2v) is 8.40. The molecule has 5 rings (SSSR count). The number of hydrogen-bond donors (Lipinski definition) is 3. The molecule has 0 unspecified atom stereocenters. The highest BCUT2D eigenvalue weighted by Gasteiger charge is 2.40. The average Bonchev–Trinajstić information content (AvgIpc) is 3.20. The second-order valence-electron chi connectivity index (χ2n) is 8.40. The fourth-order valence-corrected chi connectivity index (χ4v) is 4.30. The number of fused-ring (bicyclic) bond motifs is 4. The van der Waals surface area contributed by atoms with Crippen LogP contribution in [0.4, 0.5) is 11.5 Å². The lowest BCUT2D eigenvalue weighted by Crippen LogP contribution is -2.56. The summed E-state index contributed by atoms with van der Waals surface area (Å²) in [5.74, 6) is 1.76. The molecule has 30 heavy (non-hydrogen) atoms. The number of nitrogens with one attached hydrogen (secondary N) is 2.